The molecule has 144 valence electrons. The van der Waals surface area contributed by atoms with Gasteiger partial charge in [-0.1, -0.05) is 30.3 Å². The first-order chi connectivity index (χ1) is 12.9. The average Bonchev–Trinajstić information content (AvgIpc) is 2.95. The zero-order chi connectivity index (χ0) is 19.2. The smallest absolute Gasteiger partial charge is 0.327 e. The van der Waals surface area contributed by atoms with Crippen LogP contribution in [0.1, 0.15) is 18.4 Å². The molecule has 3 aliphatic rings. The maximum absolute atomic E-state index is 12.7. The molecule has 3 heterocycles. The number of likely N-dealkylation sites (tertiary alicyclic amines) is 1. The number of hydrogen-bond donors (Lipinski definition) is 2. The Bertz CT molecular complexity index is 763. The summed E-state index contributed by atoms with van der Waals surface area (Å²) in [5.74, 6) is -1.44. The molecule has 0 aromatic heterocycles. The van der Waals surface area contributed by atoms with Crippen LogP contribution in [-0.2, 0) is 20.8 Å². The molecule has 3 atom stereocenters. The highest BCUT2D eigenvalue weighted by Gasteiger charge is 2.67. The predicted molar refractivity (Wildman–Crippen MR) is 101 cm³/mol. The first-order valence-corrected chi connectivity index (χ1v) is 10.0. The Morgan fingerprint density at radius 1 is 1.26 bits per heavy atom. The molecule has 27 heavy (non-hydrogen) atoms. The SMILES string of the molecule is CN1CCC2(CC1)SC1C(NC(=O)Cc3ccccc3)C(=O)N1C2C(=O)O. The molecular weight excluding hydrogens is 366 g/mol. The van der Waals surface area contributed by atoms with Crippen LogP contribution in [0.25, 0.3) is 0 Å². The molecule has 3 fully saturated rings. The second-order valence-electron chi connectivity index (χ2n) is 7.57. The number of benzene rings is 1. The van der Waals surface area contributed by atoms with Crippen molar-refractivity contribution in [3.63, 3.8) is 0 Å². The van der Waals surface area contributed by atoms with Crippen LogP contribution >= 0.6 is 11.8 Å². The summed E-state index contributed by atoms with van der Waals surface area (Å²) in [4.78, 5) is 40.6. The number of fused-ring (bicyclic) bond motifs is 1. The van der Waals surface area contributed by atoms with Crippen molar-refractivity contribution in [1.82, 2.24) is 15.1 Å². The highest BCUT2D eigenvalue weighted by atomic mass is 32.2. The van der Waals surface area contributed by atoms with E-state index in [1.165, 1.54) is 4.90 Å². The summed E-state index contributed by atoms with van der Waals surface area (Å²) in [6.45, 7) is 1.63. The lowest BCUT2D eigenvalue weighted by Crippen LogP contribution is -2.71. The molecule has 2 amide bonds. The van der Waals surface area contributed by atoms with E-state index in [0.29, 0.717) is 0 Å². The molecule has 1 aromatic carbocycles. The Hall–Kier alpha value is -2.06. The number of hydrogen-bond acceptors (Lipinski definition) is 5. The lowest BCUT2D eigenvalue weighted by atomic mass is 9.85. The third-order valence-corrected chi connectivity index (χ3v) is 7.64. The van der Waals surface area contributed by atoms with Gasteiger partial charge in [-0.15, -0.1) is 11.8 Å². The summed E-state index contributed by atoms with van der Waals surface area (Å²) in [6, 6.07) is 7.92. The fourth-order valence-electron chi connectivity index (χ4n) is 4.31. The molecule has 3 saturated heterocycles. The monoisotopic (exact) mass is 389 g/mol. The molecule has 0 bridgehead atoms. The molecule has 1 spiro atoms. The Morgan fingerprint density at radius 3 is 2.56 bits per heavy atom. The maximum atomic E-state index is 12.7. The molecule has 0 aliphatic carbocycles. The summed E-state index contributed by atoms with van der Waals surface area (Å²) in [5, 5.41) is 12.3. The first-order valence-electron chi connectivity index (χ1n) is 9.16. The number of carbonyl (C=O) groups is 3. The molecule has 0 radical (unpaired) electrons. The number of carboxylic acid groups (broad SMARTS) is 1. The van der Waals surface area contributed by atoms with Crippen LogP contribution in [0.5, 0.6) is 0 Å². The second-order valence-corrected chi connectivity index (χ2v) is 9.10. The van der Waals surface area contributed by atoms with E-state index in [2.05, 4.69) is 10.2 Å². The lowest BCUT2D eigenvalue weighted by molar-refractivity contribution is -0.161. The van der Waals surface area contributed by atoms with Gasteiger partial charge in [-0.05, 0) is 38.5 Å². The molecular formula is C19H23N3O4S. The van der Waals surface area contributed by atoms with Gasteiger partial charge >= 0.3 is 5.97 Å². The van der Waals surface area contributed by atoms with E-state index >= 15 is 0 Å². The van der Waals surface area contributed by atoms with Gasteiger partial charge in [0.05, 0.1) is 11.2 Å². The summed E-state index contributed by atoms with van der Waals surface area (Å²) >= 11 is 1.57. The molecule has 7 nitrogen and oxygen atoms in total. The minimum absolute atomic E-state index is 0.209. The van der Waals surface area contributed by atoms with Crippen molar-refractivity contribution in [2.45, 2.75) is 41.5 Å². The molecule has 0 saturated carbocycles. The van der Waals surface area contributed by atoms with E-state index in [1.54, 1.807) is 11.8 Å². The minimum Gasteiger partial charge on any atom is -0.480 e. The van der Waals surface area contributed by atoms with Crippen molar-refractivity contribution in [2.75, 3.05) is 20.1 Å². The average molecular weight is 389 g/mol. The number of rotatable bonds is 4. The largest absolute Gasteiger partial charge is 0.480 e. The lowest BCUT2D eigenvalue weighted by Gasteiger charge is -2.44. The number of β-lactam (4-membered cyclic amide) rings is 1. The van der Waals surface area contributed by atoms with Crippen LogP contribution in [0, 0.1) is 0 Å². The number of carboxylic acids is 1. The summed E-state index contributed by atoms with van der Waals surface area (Å²) in [6.07, 6.45) is 1.67. The van der Waals surface area contributed by atoms with Gasteiger partial charge in [0.2, 0.25) is 11.8 Å². The summed E-state index contributed by atoms with van der Waals surface area (Å²) in [5.41, 5.74) is 0.882. The Kier molecular flexibility index (Phi) is 4.63. The quantitative estimate of drug-likeness (QED) is 0.731. The minimum atomic E-state index is -0.947. The van der Waals surface area contributed by atoms with Gasteiger partial charge in [0.25, 0.3) is 0 Å². The summed E-state index contributed by atoms with van der Waals surface area (Å²) < 4.78 is -0.461. The van der Waals surface area contributed by atoms with Crippen LogP contribution in [0.3, 0.4) is 0 Å². The van der Waals surface area contributed by atoms with Gasteiger partial charge in [-0.2, -0.15) is 0 Å². The van der Waals surface area contributed by atoms with Crippen molar-refractivity contribution < 1.29 is 19.5 Å². The molecule has 2 N–H and O–H groups in total. The third kappa shape index (κ3) is 3.10. The molecule has 3 unspecified atom stereocenters. The van der Waals surface area contributed by atoms with Crippen molar-refractivity contribution in [2.24, 2.45) is 0 Å². The second kappa shape index (κ2) is 6.83. The van der Waals surface area contributed by atoms with Gasteiger partial charge in [0.1, 0.15) is 17.5 Å². The van der Waals surface area contributed by atoms with Crippen molar-refractivity contribution in [3.05, 3.63) is 35.9 Å². The standard InChI is InChI=1S/C19H23N3O4S/c1-21-9-7-19(8-10-21)15(18(25)26)22-16(24)14(17(22)27-19)20-13(23)11-12-5-3-2-4-6-12/h2-6,14-15,17H,7-11H2,1H3,(H,20,23)(H,25,26). The number of carbonyl (C=O) groups excluding carboxylic acids is 2. The Labute approximate surface area is 162 Å². The van der Waals surface area contributed by atoms with E-state index in [0.717, 1.165) is 31.5 Å². The third-order valence-electron chi connectivity index (χ3n) is 5.80. The highest BCUT2D eigenvalue weighted by molar-refractivity contribution is 8.01. The van der Waals surface area contributed by atoms with Crippen molar-refractivity contribution in [1.29, 1.82) is 0 Å². The van der Waals surface area contributed by atoms with Crippen LogP contribution in [0.4, 0.5) is 0 Å². The van der Waals surface area contributed by atoms with Gasteiger partial charge in [-0.25, -0.2) is 4.79 Å². The molecule has 4 rings (SSSR count). The van der Waals surface area contributed by atoms with E-state index in [1.807, 2.05) is 37.4 Å². The molecule has 1 aromatic rings. The first kappa shape index (κ1) is 18.3. The van der Waals surface area contributed by atoms with Gasteiger partial charge in [-0.3, -0.25) is 9.59 Å². The number of thioether (sulfide) groups is 1. The maximum Gasteiger partial charge on any atom is 0.327 e. The Balaban J connectivity index is 1.47. The molecule has 3 aliphatic heterocycles. The number of nitrogens with one attached hydrogen (secondary N) is 1. The van der Waals surface area contributed by atoms with Gasteiger partial charge in [0, 0.05) is 0 Å². The highest BCUT2D eigenvalue weighted by Crippen LogP contribution is 2.55. The zero-order valence-electron chi connectivity index (χ0n) is 15.1. The van der Waals surface area contributed by atoms with E-state index in [9.17, 15) is 19.5 Å². The van der Waals surface area contributed by atoms with Crippen LogP contribution in [-0.4, -0.2) is 75.0 Å². The number of piperidine rings is 1. The van der Waals surface area contributed by atoms with Crippen LogP contribution in [0.2, 0.25) is 0 Å². The number of aliphatic carboxylic acids is 1. The van der Waals surface area contributed by atoms with E-state index in [-0.39, 0.29) is 23.6 Å². The number of nitrogens with zero attached hydrogens (tertiary/aromatic N) is 2. The van der Waals surface area contributed by atoms with E-state index < -0.39 is 22.8 Å². The van der Waals surface area contributed by atoms with Crippen molar-refractivity contribution >= 4 is 29.5 Å². The fourth-order valence-corrected chi connectivity index (χ4v) is 6.22. The van der Waals surface area contributed by atoms with E-state index in [4.69, 9.17) is 0 Å². The fraction of sp³-hybridized carbons (Fsp3) is 0.526. The summed E-state index contributed by atoms with van der Waals surface area (Å²) in [7, 11) is 2.02. The topological polar surface area (TPSA) is 90.0 Å². The Morgan fingerprint density at radius 2 is 1.93 bits per heavy atom. The van der Waals surface area contributed by atoms with Crippen molar-refractivity contribution in [3.8, 4) is 0 Å². The molecule has 8 heteroatoms. The predicted octanol–water partition coefficient (Wildman–Crippen LogP) is 0.547. The zero-order valence-corrected chi connectivity index (χ0v) is 15.9. The number of amides is 2. The van der Waals surface area contributed by atoms with Gasteiger partial charge in [0.15, 0.2) is 0 Å². The van der Waals surface area contributed by atoms with Crippen LogP contribution < -0.4 is 5.32 Å². The van der Waals surface area contributed by atoms with Crippen LogP contribution in [0.15, 0.2) is 30.3 Å². The normalized spacial score (nSPS) is 29.3. The van der Waals surface area contributed by atoms with Gasteiger partial charge < -0.3 is 20.2 Å².